The normalized spacial score (nSPS) is 12.2. The molecule has 0 aromatic heterocycles. The topological polar surface area (TPSA) is 40.5 Å². The number of hydrogen-bond acceptors (Lipinski definition) is 2. The molecule has 1 N–H and O–H groups in total. The van der Waals surface area contributed by atoms with Crippen LogP contribution in [0.25, 0.3) is 0 Å². The van der Waals surface area contributed by atoms with Gasteiger partial charge >= 0.3 is 5.97 Å². The molecule has 1 aromatic carbocycles. The second-order valence-electron chi connectivity index (χ2n) is 4.97. The second kappa shape index (κ2) is 8.85. The zero-order chi connectivity index (χ0) is 15.0. The summed E-state index contributed by atoms with van der Waals surface area (Å²) in [7, 11) is 0. The van der Waals surface area contributed by atoms with Gasteiger partial charge in [0.2, 0.25) is 0 Å². The molecule has 3 nitrogen and oxygen atoms in total. The summed E-state index contributed by atoms with van der Waals surface area (Å²) in [4.78, 5) is 13.1. The quantitative estimate of drug-likeness (QED) is 0.697. The molecule has 20 heavy (non-hydrogen) atoms. The number of nitrogens with zero attached hydrogens (tertiary/aromatic N) is 1. The molecule has 4 heteroatoms. The van der Waals surface area contributed by atoms with Crippen molar-refractivity contribution in [3.63, 3.8) is 0 Å². The highest BCUT2D eigenvalue weighted by Crippen LogP contribution is 2.26. The van der Waals surface area contributed by atoms with Crippen LogP contribution in [0.5, 0.6) is 0 Å². The first-order valence-electron chi connectivity index (χ1n) is 7.25. The van der Waals surface area contributed by atoms with Gasteiger partial charge < -0.3 is 10.0 Å². The van der Waals surface area contributed by atoms with Gasteiger partial charge in [-0.25, -0.2) is 0 Å². The van der Waals surface area contributed by atoms with E-state index in [1.807, 2.05) is 19.1 Å². The maximum Gasteiger partial charge on any atom is 0.303 e. The molecule has 1 unspecified atom stereocenters. The van der Waals surface area contributed by atoms with E-state index in [-0.39, 0.29) is 12.3 Å². The first kappa shape index (κ1) is 16.8. The average Bonchev–Trinajstić information content (AvgIpc) is 2.44. The van der Waals surface area contributed by atoms with Crippen LogP contribution < -0.4 is 4.90 Å². The van der Waals surface area contributed by atoms with Gasteiger partial charge in [-0.3, -0.25) is 4.79 Å². The highest BCUT2D eigenvalue weighted by atomic mass is 35.5. The Balaban J connectivity index is 2.82. The lowest BCUT2D eigenvalue weighted by Gasteiger charge is -2.24. The lowest BCUT2D eigenvalue weighted by atomic mass is 9.93. The van der Waals surface area contributed by atoms with Gasteiger partial charge in [-0.2, -0.15) is 0 Å². The van der Waals surface area contributed by atoms with E-state index in [9.17, 15) is 4.79 Å². The van der Waals surface area contributed by atoms with Crippen molar-refractivity contribution in [2.24, 2.45) is 0 Å². The molecule has 0 heterocycles. The number of rotatable bonds is 9. The number of carboxylic acid groups (broad SMARTS) is 1. The van der Waals surface area contributed by atoms with Crippen LogP contribution in [0.15, 0.2) is 24.3 Å². The third-order valence-electron chi connectivity index (χ3n) is 3.49. The molecular formula is C16H24ClNO2. The summed E-state index contributed by atoms with van der Waals surface area (Å²) in [6, 6.07) is 8.23. The summed E-state index contributed by atoms with van der Waals surface area (Å²) in [5.41, 5.74) is 2.25. The summed E-state index contributed by atoms with van der Waals surface area (Å²) >= 11 is 5.84. The molecule has 0 bridgehead atoms. The summed E-state index contributed by atoms with van der Waals surface area (Å²) in [6.45, 7) is 5.99. The highest BCUT2D eigenvalue weighted by Gasteiger charge is 2.14. The molecule has 0 saturated heterocycles. The molecular weight excluding hydrogens is 274 g/mol. The molecule has 0 aliphatic carbocycles. The van der Waals surface area contributed by atoms with E-state index in [0.717, 1.165) is 37.2 Å². The van der Waals surface area contributed by atoms with E-state index in [2.05, 4.69) is 24.0 Å². The minimum absolute atomic E-state index is 0.0919. The van der Waals surface area contributed by atoms with E-state index < -0.39 is 5.97 Å². The number of benzene rings is 1. The fourth-order valence-corrected chi connectivity index (χ4v) is 2.61. The van der Waals surface area contributed by atoms with E-state index >= 15 is 0 Å². The fraction of sp³-hybridized carbons (Fsp3) is 0.562. The Bertz CT molecular complexity index is 399. The number of carboxylic acids is 1. The minimum Gasteiger partial charge on any atom is -0.481 e. The molecule has 1 atom stereocenters. The van der Waals surface area contributed by atoms with Gasteiger partial charge in [-0.05, 0) is 36.5 Å². The average molecular weight is 298 g/mol. The molecule has 0 spiro atoms. The molecule has 0 amide bonds. The van der Waals surface area contributed by atoms with Crippen molar-refractivity contribution in [1.82, 2.24) is 0 Å². The Hall–Kier alpha value is -1.22. The van der Waals surface area contributed by atoms with E-state index in [4.69, 9.17) is 16.7 Å². The second-order valence-corrected chi connectivity index (χ2v) is 5.35. The Morgan fingerprint density at radius 2 is 1.90 bits per heavy atom. The molecule has 0 aliphatic heterocycles. The zero-order valence-corrected chi connectivity index (χ0v) is 13.1. The predicted octanol–water partition coefficient (Wildman–Crippen LogP) is 4.11. The van der Waals surface area contributed by atoms with E-state index in [1.54, 1.807) is 0 Å². The van der Waals surface area contributed by atoms with Crippen molar-refractivity contribution in [2.75, 3.05) is 23.9 Å². The predicted molar refractivity (Wildman–Crippen MR) is 85.0 cm³/mol. The van der Waals surface area contributed by atoms with E-state index in [0.29, 0.717) is 5.88 Å². The summed E-state index contributed by atoms with van der Waals surface area (Å²) in [6.07, 6.45) is 2.11. The van der Waals surface area contributed by atoms with Gasteiger partial charge in [0.1, 0.15) is 0 Å². The Morgan fingerprint density at radius 3 is 2.35 bits per heavy atom. The Labute approximate surface area is 126 Å². The number of hydrogen-bond donors (Lipinski definition) is 1. The maximum atomic E-state index is 10.9. The van der Waals surface area contributed by atoms with Crippen molar-refractivity contribution in [2.45, 2.75) is 39.0 Å². The lowest BCUT2D eigenvalue weighted by molar-refractivity contribution is -0.137. The number of halogens is 1. The van der Waals surface area contributed by atoms with Crippen LogP contribution in [0.4, 0.5) is 5.69 Å². The van der Waals surface area contributed by atoms with Gasteiger partial charge in [0, 0.05) is 24.7 Å². The summed E-state index contributed by atoms with van der Waals surface area (Å²) in [5.74, 6) is -0.0388. The minimum atomic E-state index is -0.740. The third-order valence-corrected chi connectivity index (χ3v) is 3.66. The maximum absolute atomic E-state index is 10.9. The van der Waals surface area contributed by atoms with Crippen LogP contribution >= 0.6 is 11.6 Å². The molecule has 0 aliphatic rings. The van der Waals surface area contributed by atoms with Crippen LogP contribution in [-0.2, 0) is 4.79 Å². The first-order chi connectivity index (χ1) is 9.62. The van der Waals surface area contributed by atoms with Crippen LogP contribution in [0.2, 0.25) is 0 Å². The highest BCUT2D eigenvalue weighted by molar-refractivity contribution is 6.18. The van der Waals surface area contributed by atoms with Crippen molar-refractivity contribution in [3.05, 3.63) is 29.8 Å². The molecule has 0 saturated carbocycles. The Kier molecular flexibility index (Phi) is 7.45. The molecule has 0 fully saturated rings. The first-order valence-corrected chi connectivity index (χ1v) is 7.78. The standard InChI is InChI=1S/C16H24ClNO2/c1-3-10-18(11-9-17)15-7-5-14(6-8-15)13(4-2)12-16(19)20/h5-8,13H,3-4,9-12H2,1-2H3,(H,19,20). The smallest absolute Gasteiger partial charge is 0.303 e. The number of aliphatic carboxylic acids is 1. The van der Waals surface area contributed by atoms with Gasteiger partial charge in [-0.1, -0.05) is 26.0 Å². The number of alkyl halides is 1. The summed E-state index contributed by atoms with van der Waals surface area (Å²) in [5, 5.41) is 8.94. The number of anilines is 1. The molecule has 1 aromatic rings. The van der Waals surface area contributed by atoms with E-state index in [1.165, 1.54) is 0 Å². The van der Waals surface area contributed by atoms with Crippen LogP contribution in [0.1, 0.15) is 44.6 Å². The van der Waals surface area contributed by atoms with Gasteiger partial charge in [0.05, 0.1) is 6.42 Å². The lowest BCUT2D eigenvalue weighted by Crippen LogP contribution is -2.26. The fourth-order valence-electron chi connectivity index (χ4n) is 2.41. The Morgan fingerprint density at radius 1 is 1.25 bits per heavy atom. The van der Waals surface area contributed by atoms with Crippen LogP contribution in [0.3, 0.4) is 0 Å². The molecule has 112 valence electrons. The SMILES string of the molecule is CCCN(CCCl)c1ccc(C(CC)CC(=O)O)cc1. The van der Waals surface area contributed by atoms with Crippen molar-refractivity contribution in [1.29, 1.82) is 0 Å². The molecule has 0 radical (unpaired) electrons. The van der Waals surface area contributed by atoms with Gasteiger partial charge in [-0.15, -0.1) is 11.6 Å². The number of carbonyl (C=O) groups is 1. The van der Waals surface area contributed by atoms with Crippen molar-refractivity contribution in [3.8, 4) is 0 Å². The van der Waals surface area contributed by atoms with Crippen molar-refractivity contribution >= 4 is 23.3 Å². The largest absolute Gasteiger partial charge is 0.481 e. The van der Waals surface area contributed by atoms with Crippen LogP contribution in [0, 0.1) is 0 Å². The monoisotopic (exact) mass is 297 g/mol. The zero-order valence-electron chi connectivity index (χ0n) is 12.3. The summed E-state index contributed by atoms with van der Waals surface area (Å²) < 4.78 is 0. The van der Waals surface area contributed by atoms with Crippen molar-refractivity contribution < 1.29 is 9.90 Å². The third kappa shape index (κ3) is 5.04. The molecule has 1 rings (SSSR count). The van der Waals surface area contributed by atoms with Gasteiger partial charge in [0.25, 0.3) is 0 Å². The van der Waals surface area contributed by atoms with Crippen LogP contribution in [-0.4, -0.2) is 30.0 Å². The van der Waals surface area contributed by atoms with Gasteiger partial charge in [0.15, 0.2) is 0 Å².